The second kappa shape index (κ2) is 6.59. The van der Waals surface area contributed by atoms with E-state index in [9.17, 15) is 4.79 Å². The number of aromatic nitrogens is 1. The van der Waals surface area contributed by atoms with Gasteiger partial charge in [-0.3, -0.25) is 4.79 Å². The molecule has 0 radical (unpaired) electrons. The van der Waals surface area contributed by atoms with E-state index < -0.39 is 0 Å². The number of aryl methyl sites for hydroxylation is 2. The minimum Gasteiger partial charge on any atom is -0.370 e. The Kier molecular flexibility index (Phi) is 4.81. The third kappa shape index (κ3) is 3.73. The molecule has 110 valence electrons. The highest BCUT2D eigenvalue weighted by atomic mass is 35.5. The predicted molar refractivity (Wildman–Crippen MR) is 87.3 cm³/mol. The molecule has 0 unspecified atom stereocenters. The van der Waals surface area contributed by atoms with Crippen molar-refractivity contribution < 1.29 is 4.79 Å². The first kappa shape index (κ1) is 15.3. The Morgan fingerprint density at radius 1 is 1.24 bits per heavy atom. The lowest BCUT2D eigenvalue weighted by Crippen LogP contribution is -2.14. The number of rotatable bonds is 4. The summed E-state index contributed by atoms with van der Waals surface area (Å²) in [6.45, 7) is 6.60. The fraction of sp³-hybridized carbons (Fsp3) is 0.250. The highest BCUT2D eigenvalue weighted by molar-refractivity contribution is 6.30. The zero-order chi connectivity index (χ0) is 15.4. The molecule has 0 aliphatic rings. The molecule has 0 bridgehead atoms. The molecule has 5 heteroatoms. The summed E-state index contributed by atoms with van der Waals surface area (Å²) in [5.41, 5.74) is 3.36. The van der Waals surface area contributed by atoms with Crippen LogP contribution in [0.2, 0.25) is 5.15 Å². The van der Waals surface area contributed by atoms with Crippen LogP contribution in [0, 0.1) is 13.8 Å². The quantitative estimate of drug-likeness (QED) is 0.838. The maximum atomic E-state index is 12.4. The number of nitrogens with zero attached hydrogens (tertiary/aromatic N) is 1. The summed E-state index contributed by atoms with van der Waals surface area (Å²) in [6.07, 6.45) is 0. The van der Waals surface area contributed by atoms with Gasteiger partial charge in [-0.15, -0.1) is 0 Å². The van der Waals surface area contributed by atoms with Gasteiger partial charge in [0.15, 0.2) is 0 Å². The van der Waals surface area contributed by atoms with Gasteiger partial charge in [-0.2, -0.15) is 0 Å². The minimum absolute atomic E-state index is 0.198. The van der Waals surface area contributed by atoms with Crippen LogP contribution in [0.5, 0.6) is 0 Å². The van der Waals surface area contributed by atoms with Gasteiger partial charge in [0.25, 0.3) is 5.91 Å². The number of hydrogen-bond acceptors (Lipinski definition) is 3. The maximum absolute atomic E-state index is 12.4. The number of nitrogens with one attached hydrogen (secondary N) is 2. The Bertz CT molecular complexity index is 650. The fourth-order valence-electron chi connectivity index (χ4n) is 2.10. The Hall–Kier alpha value is -2.07. The summed E-state index contributed by atoms with van der Waals surface area (Å²) < 4.78 is 0. The van der Waals surface area contributed by atoms with E-state index in [1.54, 1.807) is 12.1 Å². The predicted octanol–water partition coefficient (Wildman–Crippen LogP) is 4.04. The number of halogens is 1. The van der Waals surface area contributed by atoms with E-state index in [2.05, 4.69) is 15.6 Å². The van der Waals surface area contributed by atoms with E-state index >= 15 is 0 Å². The van der Waals surface area contributed by atoms with Crippen molar-refractivity contribution in [3.05, 3.63) is 52.2 Å². The number of amides is 1. The van der Waals surface area contributed by atoms with Crippen molar-refractivity contribution in [2.24, 2.45) is 0 Å². The van der Waals surface area contributed by atoms with Gasteiger partial charge in [-0.25, -0.2) is 4.98 Å². The lowest BCUT2D eigenvalue weighted by Gasteiger charge is -2.12. The van der Waals surface area contributed by atoms with Gasteiger partial charge in [-0.05, 0) is 44.0 Å². The van der Waals surface area contributed by atoms with Gasteiger partial charge in [0.2, 0.25) is 0 Å². The molecular formula is C16H18ClN3O. The molecule has 0 atom stereocenters. The molecule has 2 rings (SSSR count). The zero-order valence-electron chi connectivity index (χ0n) is 12.3. The average molecular weight is 304 g/mol. The van der Waals surface area contributed by atoms with Gasteiger partial charge < -0.3 is 10.6 Å². The Morgan fingerprint density at radius 2 is 1.90 bits per heavy atom. The second-order valence-electron chi connectivity index (χ2n) is 4.82. The van der Waals surface area contributed by atoms with Crippen LogP contribution in [0.3, 0.4) is 0 Å². The smallest absolute Gasteiger partial charge is 0.255 e. The van der Waals surface area contributed by atoms with Crippen molar-refractivity contribution in [1.29, 1.82) is 0 Å². The summed E-state index contributed by atoms with van der Waals surface area (Å²) in [4.78, 5) is 16.5. The normalized spacial score (nSPS) is 10.3. The van der Waals surface area contributed by atoms with Crippen molar-refractivity contribution in [3.63, 3.8) is 0 Å². The van der Waals surface area contributed by atoms with Crippen molar-refractivity contribution in [1.82, 2.24) is 4.98 Å². The number of anilines is 2. The first-order valence-electron chi connectivity index (χ1n) is 6.80. The standard InChI is InChI=1S/C16H18ClN3O/c1-4-18-14-9-12(8-13(17)19-14)16(21)20-15-10(2)6-5-7-11(15)3/h5-9H,4H2,1-3H3,(H,18,19)(H,20,21). The largest absolute Gasteiger partial charge is 0.370 e. The van der Waals surface area contributed by atoms with Crippen LogP contribution in [0.15, 0.2) is 30.3 Å². The van der Waals surface area contributed by atoms with Crippen LogP contribution in [-0.4, -0.2) is 17.4 Å². The molecule has 0 saturated carbocycles. The Balaban J connectivity index is 2.28. The van der Waals surface area contributed by atoms with Crippen molar-refractivity contribution in [2.75, 3.05) is 17.2 Å². The van der Waals surface area contributed by atoms with Crippen molar-refractivity contribution in [3.8, 4) is 0 Å². The van der Waals surface area contributed by atoms with Crippen LogP contribution >= 0.6 is 11.6 Å². The van der Waals surface area contributed by atoms with Crippen LogP contribution in [-0.2, 0) is 0 Å². The molecule has 1 amide bonds. The SMILES string of the molecule is CCNc1cc(C(=O)Nc2c(C)cccc2C)cc(Cl)n1. The summed E-state index contributed by atoms with van der Waals surface area (Å²) in [7, 11) is 0. The van der Waals surface area contributed by atoms with Gasteiger partial charge in [-0.1, -0.05) is 29.8 Å². The lowest BCUT2D eigenvalue weighted by atomic mass is 10.1. The van der Waals surface area contributed by atoms with E-state index in [0.717, 1.165) is 16.8 Å². The summed E-state index contributed by atoms with van der Waals surface area (Å²) in [6, 6.07) is 9.15. The van der Waals surface area contributed by atoms with Crippen LogP contribution < -0.4 is 10.6 Å². The third-order valence-corrected chi connectivity index (χ3v) is 3.33. The second-order valence-corrected chi connectivity index (χ2v) is 5.20. The molecule has 1 heterocycles. The summed E-state index contributed by atoms with van der Waals surface area (Å²) >= 11 is 5.96. The number of benzene rings is 1. The molecule has 1 aromatic carbocycles. The van der Waals surface area contributed by atoms with E-state index in [1.165, 1.54) is 0 Å². The Labute approximate surface area is 129 Å². The topological polar surface area (TPSA) is 54.0 Å². The first-order chi connectivity index (χ1) is 10.0. The van der Waals surface area contributed by atoms with Crippen LogP contribution in [0.4, 0.5) is 11.5 Å². The molecule has 0 spiro atoms. The van der Waals surface area contributed by atoms with E-state index in [1.807, 2.05) is 39.0 Å². The molecular weight excluding hydrogens is 286 g/mol. The monoisotopic (exact) mass is 303 g/mol. The lowest BCUT2D eigenvalue weighted by molar-refractivity contribution is 0.102. The van der Waals surface area contributed by atoms with Crippen LogP contribution in [0.25, 0.3) is 0 Å². The average Bonchev–Trinajstić information content (AvgIpc) is 2.42. The van der Waals surface area contributed by atoms with Gasteiger partial charge in [0.05, 0.1) is 0 Å². The molecule has 0 fully saturated rings. The van der Waals surface area contributed by atoms with E-state index in [-0.39, 0.29) is 5.91 Å². The molecule has 0 aliphatic heterocycles. The van der Waals surface area contributed by atoms with Gasteiger partial charge in [0.1, 0.15) is 11.0 Å². The van der Waals surface area contributed by atoms with Gasteiger partial charge >= 0.3 is 0 Å². The number of hydrogen-bond donors (Lipinski definition) is 2. The van der Waals surface area contributed by atoms with Gasteiger partial charge in [0, 0.05) is 17.8 Å². The third-order valence-electron chi connectivity index (χ3n) is 3.13. The molecule has 1 aromatic heterocycles. The maximum Gasteiger partial charge on any atom is 0.255 e. The molecule has 0 aliphatic carbocycles. The highest BCUT2D eigenvalue weighted by Crippen LogP contribution is 2.21. The summed E-state index contributed by atoms with van der Waals surface area (Å²) in [5, 5.41) is 6.28. The van der Waals surface area contributed by atoms with Crippen molar-refractivity contribution >= 4 is 29.0 Å². The van der Waals surface area contributed by atoms with Crippen molar-refractivity contribution in [2.45, 2.75) is 20.8 Å². The number of para-hydroxylation sites is 1. The molecule has 2 N–H and O–H groups in total. The molecule has 0 saturated heterocycles. The highest BCUT2D eigenvalue weighted by Gasteiger charge is 2.12. The minimum atomic E-state index is -0.198. The molecule has 21 heavy (non-hydrogen) atoms. The van der Waals surface area contributed by atoms with Crippen LogP contribution in [0.1, 0.15) is 28.4 Å². The molecule has 2 aromatic rings. The fourth-order valence-corrected chi connectivity index (χ4v) is 2.31. The number of carbonyl (C=O) groups excluding carboxylic acids is 1. The molecule has 4 nitrogen and oxygen atoms in total. The van der Waals surface area contributed by atoms with E-state index in [4.69, 9.17) is 11.6 Å². The van der Waals surface area contributed by atoms with E-state index in [0.29, 0.717) is 23.1 Å². The number of pyridine rings is 1. The number of carbonyl (C=O) groups is 1. The Morgan fingerprint density at radius 3 is 2.52 bits per heavy atom. The zero-order valence-corrected chi connectivity index (χ0v) is 13.1. The summed E-state index contributed by atoms with van der Waals surface area (Å²) in [5.74, 6) is 0.396. The first-order valence-corrected chi connectivity index (χ1v) is 7.18.